The molecule has 1 amide bonds. The van der Waals surface area contributed by atoms with Gasteiger partial charge in [-0.25, -0.2) is 12.8 Å². The molecule has 9 heteroatoms. The van der Waals surface area contributed by atoms with Gasteiger partial charge in [0.1, 0.15) is 11.1 Å². The quantitative estimate of drug-likeness (QED) is 0.640. The number of halogens is 2. The van der Waals surface area contributed by atoms with Gasteiger partial charge in [-0.1, -0.05) is 29.8 Å². The number of benzene rings is 2. The fourth-order valence-electron chi connectivity index (χ4n) is 4.67. The lowest BCUT2D eigenvalue weighted by atomic mass is 10.0. The van der Waals surface area contributed by atoms with Crippen molar-refractivity contribution in [3.63, 3.8) is 0 Å². The highest BCUT2D eigenvalue weighted by Crippen LogP contribution is 2.38. The van der Waals surface area contributed by atoms with Crippen LogP contribution in [0.25, 0.3) is 0 Å². The summed E-state index contributed by atoms with van der Waals surface area (Å²) in [6, 6.07) is 11.7. The molecule has 178 valence electrons. The molecule has 0 radical (unpaired) electrons. The van der Waals surface area contributed by atoms with Crippen molar-refractivity contribution < 1.29 is 17.6 Å². The zero-order valence-electron chi connectivity index (χ0n) is 18.9. The Labute approximate surface area is 200 Å². The molecule has 0 N–H and O–H groups in total. The first-order chi connectivity index (χ1) is 15.7. The predicted octanol–water partition coefficient (Wildman–Crippen LogP) is 4.20. The van der Waals surface area contributed by atoms with E-state index in [1.54, 1.807) is 42.2 Å². The molecule has 0 aliphatic carbocycles. The third-order valence-corrected chi connectivity index (χ3v) is 9.34. The summed E-state index contributed by atoms with van der Waals surface area (Å²) in [6.07, 6.45) is 1.22. The average Bonchev–Trinajstić information content (AvgIpc) is 2.78. The molecule has 0 saturated carbocycles. The molecule has 6 nitrogen and oxygen atoms in total. The van der Waals surface area contributed by atoms with Crippen LogP contribution >= 0.6 is 11.6 Å². The Morgan fingerprint density at radius 2 is 1.73 bits per heavy atom. The van der Waals surface area contributed by atoms with Gasteiger partial charge in [-0.2, -0.15) is 4.31 Å². The van der Waals surface area contributed by atoms with Crippen molar-refractivity contribution in [2.45, 2.75) is 44.5 Å². The number of carbonyl (C=O) groups excluding carboxylic acids is 1. The van der Waals surface area contributed by atoms with Crippen LogP contribution in [0.3, 0.4) is 0 Å². The molecule has 0 bridgehead atoms. The van der Waals surface area contributed by atoms with E-state index in [-0.39, 0.29) is 18.5 Å². The highest BCUT2D eigenvalue weighted by molar-refractivity contribution is 7.89. The second-order valence-electron chi connectivity index (χ2n) is 8.83. The predicted molar refractivity (Wildman–Crippen MR) is 128 cm³/mol. The number of piperazine rings is 1. The first-order valence-electron chi connectivity index (χ1n) is 11.2. The van der Waals surface area contributed by atoms with Crippen LogP contribution in [0.2, 0.25) is 5.02 Å². The number of nitrogens with zero attached hydrogens (tertiary/aromatic N) is 3. The molecule has 2 atom stereocenters. The molecule has 4 rings (SSSR count). The van der Waals surface area contributed by atoms with Gasteiger partial charge in [0.15, 0.2) is 0 Å². The largest absolute Gasteiger partial charge is 0.368 e. The van der Waals surface area contributed by atoms with Gasteiger partial charge in [0.05, 0.1) is 0 Å². The maximum Gasteiger partial charge on any atom is 0.221 e. The Bertz CT molecular complexity index is 1120. The molecule has 0 aromatic heterocycles. The summed E-state index contributed by atoms with van der Waals surface area (Å²) in [5.41, 5.74) is 1.80. The lowest BCUT2D eigenvalue weighted by Crippen LogP contribution is -2.48. The normalized spacial score (nSPS) is 23.5. The monoisotopic (exact) mass is 493 g/mol. The van der Waals surface area contributed by atoms with Gasteiger partial charge in [0.25, 0.3) is 0 Å². The molecule has 0 unspecified atom stereocenters. The van der Waals surface area contributed by atoms with E-state index in [1.807, 2.05) is 17.9 Å². The lowest BCUT2D eigenvalue weighted by Gasteiger charge is -2.38. The molecule has 2 saturated heterocycles. The van der Waals surface area contributed by atoms with Crippen LogP contribution < -0.4 is 4.90 Å². The number of rotatable bonds is 4. The summed E-state index contributed by atoms with van der Waals surface area (Å²) < 4.78 is 43.4. The highest BCUT2D eigenvalue weighted by Gasteiger charge is 2.40. The van der Waals surface area contributed by atoms with Gasteiger partial charge in [-0.05, 0) is 49.6 Å². The van der Waals surface area contributed by atoms with Crippen LogP contribution in [-0.4, -0.2) is 55.8 Å². The van der Waals surface area contributed by atoms with Gasteiger partial charge in [0.2, 0.25) is 15.9 Å². The topological polar surface area (TPSA) is 60.9 Å². The first kappa shape index (κ1) is 24.0. The van der Waals surface area contributed by atoms with Crippen LogP contribution in [0.4, 0.5) is 10.1 Å². The fourth-order valence-corrected chi connectivity index (χ4v) is 6.98. The number of anilines is 1. The Morgan fingerprint density at radius 1 is 1.06 bits per heavy atom. The van der Waals surface area contributed by atoms with E-state index < -0.39 is 21.1 Å². The number of hydrogen-bond acceptors (Lipinski definition) is 4. The molecular weight excluding hydrogens is 465 g/mol. The van der Waals surface area contributed by atoms with E-state index in [1.165, 1.54) is 10.4 Å². The van der Waals surface area contributed by atoms with E-state index in [2.05, 4.69) is 0 Å². The molecule has 2 aromatic carbocycles. The van der Waals surface area contributed by atoms with Crippen molar-refractivity contribution in [2.75, 3.05) is 31.1 Å². The molecular formula is C24H29ClFN3O3S. The van der Waals surface area contributed by atoms with E-state index in [0.29, 0.717) is 55.2 Å². The molecule has 33 heavy (non-hydrogen) atoms. The van der Waals surface area contributed by atoms with Gasteiger partial charge < -0.3 is 9.80 Å². The van der Waals surface area contributed by atoms with Crippen LogP contribution in [0, 0.1) is 5.82 Å². The van der Waals surface area contributed by atoms with E-state index in [0.717, 1.165) is 5.69 Å². The third kappa shape index (κ3) is 5.03. The van der Waals surface area contributed by atoms with Crippen molar-refractivity contribution in [3.8, 4) is 0 Å². The number of amides is 1. The van der Waals surface area contributed by atoms with Gasteiger partial charge >= 0.3 is 0 Å². The van der Waals surface area contributed by atoms with Crippen LogP contribution in [0.1, 0.15) is 43.1 Å². The molecule has 2 aliphatic heterocycles. The standard InChI is InChI=1S/C24H29ClFN3O3S/c1-17-3-10-24(19-4-7-21(25)8-5-19)33(31,32)29(17)16-20-6-9-22(15-23(20)26)28-13-11-27(12-14-28)18(2)30/h4-9,15,17,24H,3,10-14,16H2,1-2H3/t17-,24+/m0/s1. The fraction of sp³-hybridized carbons (Fsp3) is 0.458. The SMILES string of the molecule is CC(=O)N1CCN(c2ccc(CN3[C@@H](C)CC[C@H](c4ccc(Cl)cc4)S3(=O)=O)c(F)c2)CC1. The van der Waals surface area contributed by atoms with Gasteiger partial charge in [0, 0.05) is 62.0 Å². The highest BCUT2D eigenvalue weighted by atomic mass is 35.5. The molecule has 2 heterocycles. The summed E-state index contributed by atoms with van der Waals surface area (Å²) in [5, 5.41) is -0.104. The van der Waals surface area contributed by atoms with Crippen molar-refractivity contribution in [3.05, 3.63) is 64.4 Å². The number of hydrogen-bond donors (Lipinski definition) is 0. The summed E-state index contributed by atoms with van der Waals surface area (Å²) in [5.74, 6) is -0.373. The maximum absolute atomic E-state index is 15.1. The molecule has 2 aliphatic rings. The summed E-state index contributed by atoms with van der Waals surface area (Å²) in [7, 11) is -3.66. The minimum Gasteiger partial charge on any atom is -0.368 e. The summed E-state index contributed by atoms with van der Waals surface area (Å²) in [4.78, 5) is 15.3. The molecule has 2 fully saturated rings. The smallest absolute Gasteiger partial charge is 0.221 e. The van der Waals surface area contributed by atoms with E-state index in [9.17, 15) is 13.2 Å². The van der Waals surface area contributed by atoms with E-state index >= 15 is 4.39 Å². The lowest BCUT2D eigenvalue weighted by molar-refractivity contribution is -0.129. The van der Waals surface area contributed by atoms with Gasteiger partial charge in [-0.3, -0.25) is 4.79 Å². The van der Waals surface area contributed by atoms with Crippen molar-refractivity contribution in [2.24, 2.45) is 0 Å². The van der Waals surface area contributed by atoms with Crippen LogP contribution in [-0.2, 0) is 21.4 Å². The zero-order chi connectivity index (χ0) is 23.8. The van der Waals surface area contributed by atoms with E-state index in [4.69, 9.17) is 11.6 Å². The molecule has 0 spiro atoms. The van der Waals surface area contributed by atoms with Crippen LogP contribution in [0.5, 0.6) is 0 Å². The van der Waals surface area contributed by atoms with Crippen molar-refractivity contribution >= 4 is 33.2 Å². The number of carbonyl (C=O) groups is 1. The average molecular weight is 494 g/mol. The summed E-state index contributed by atoms with van der Waals surface area (Å²) >= 11 is 5.97. The van der Waals surface area contributed by atoms with Gasteiger partial charge in [-0.15, -0.1) is 0 Å². The Hall–Kier alpha value is -2.16. The van der Waals surface area contributed by atoms with Crippen LogP contribution in [0.15, 0.2) is 42.5 Å². The van der Waals surface area contributed by atoms with Crippen molar-refractivity contribution in [1.29, 1.82) is 0 Å². The third-order valence-electron chi connectivity index (χ3n) is 6.72. The minimum atomic E-state index is -3.66. The number of sulfonamides is 1. The first-order valence-corrected chi connectivity index (χ1v) is 13.1. The molecule has 2 aromatic rings. The minimum absolute atomic E-state index is 0.00217. The zero-order valence-corrected chi connectivity index (χ0v) is 20.4. The Kier molecular flexibility index (Phi) is 6.98. The summed E-state index contributed by atoms with van der Waals surface area (Å²) in [6.45, 7) is 5.91. The second kappa shape index (κ2) is 9.60. The second-order valence-corrected chi connectivity index (χ2v) is 11.3. The Balaban J connectivity index is 1.51. The maximum atomic E-state index is 15.1. The Morgan fingerprint density at radius 3 is 2.33 bits per heavy atom. The van der Waals surface area contributed by atoms with Crippen molar-refractivity contribution in [1.82, 2.24) is 9.21 Å².